The second-order valence-corrected chi connectivity index (χ2v) is 5.53. The van der Waals surface area contributed by atoms with Crippen LogP contribution in [0.25, 0.3) is 0 Å². The third kappa shape index (κ3) is 2.79. The molecule has 0 unspecified atom stereocenters. The zero-order valence-electron chi connectivity index (χ0n) is 10.2. The standard InChI is InChI=1S/C13H15ClN2S/c1-8-4-5-10(6-11(8)14)7-12-9(2)16-13(15-3)17-12/h4-6H,7H2,1-3H3,(H,15,16). The van der Waals surface area contributed by atoms with E-state index in [9.17, 15) is 0 Å². The maximum Gasteiger partial charge on any atom is 0.182 e. The van der Waals surface area contributed by atoms with Gasteiger partial charge in [0.15, 0.2) is 5.13 Å². The molecule has 0 radical (unpaired) electrons. The Kier molecular flexibility index (Phi) is 3.69. The molecule has 90 valence electrons. The van der Waals surface area contributed by atoms with Crippen molar-refractivity contribution < 1.29 is 0 Å². The van der Waals surface area contributed by atoms with Crippen LogP contribution in [-0.2, 0) is 6.42 Å². The molecule has 2 rings (SSSR count). The Bertz CT molecular complexity index is 534. The lowest BCUT2D eigenvalue weighted by molar-refractivity contribution is 1.14. The summed E-state index contributed by atoms with van der Waals surface area (Å²) in [6.07, 6.45) is 0.894. The number of rotatable bonds is 3. The van der Waals surface area contributed by atoms with Crippen molar-refractivity contribution in [2.45, 2.75) is 20.3 Å². The maximum atomic E-state index is 6.13. The molecule has 1 N–H and O–H groups in total. The summed E-state index contributed by atoms with van der Waals surface area (Å²) in [5, 5.41) is 4.88. The fourth-order valence-electron chi connectivity index (χ4n) is 1.63. The molecule has 0 amide bonds. The van der Waals surface area contributed by atoms with Crippen molar-refractivity contribution in [2.24, 2.45) is 0 Å². The van der Waals surface area contributed by atoms with Crippen molar-refractivity contribution in [1.29, 1.82) is 0 Å². The average Bonchev–Trinajstić information content (AvgIpc) is 2.65. The van der Waals surface area contributed by atoms with Crippen LogP contribution in [0.5, 0.6) is 0 Å². The third-order valence-electron chi connectivity index (χ3n) is 2.71. The Hall–Kier alpha value is -1.06. The number of nitrogens with zero attached hydrogens (tertiary/aromatic N) is 1. The summed E-state index contributed by atoms with van der Waals surface area (Å²) in [4.78, 5) is 5.73. The molecule has 1 aromatic carbocycles. The summed E-state index contributed by atoms with van der Waals surface area (Å²) in [7, 11) is 1.89. The minimum atomic E-state index is 0.832. The van der Waals surface area contributed by atoms with E-state index in [1.54, 1.807) is 11.3 Å². The van der Waals surface area contributed by atoms with Gasteiger partial charge in [0.05, 0.1) is 5.69 Å². The van der Waals surface area contributed by atoms with E-state index in [-0.39, 0.29) is 0 Å². The van der Waals surface area contributed by atoms with Gasteiger partial charge in [0.25, 0.3) is 0 Å². The highest BCUT2D eigenvalue weighted by Gasteiger charge is 2.08. The number of anilines is 1. The molecular weight excluding hydrogens is 252 g/mol. The van der Waals surface area contributed by atoms with E-state index in [1.165, 1.54) is 10.4 Å². The van der Waals surface area contributed by atoms with Crippen molar-refractivity contribution in [3.8, 4) is 0 Å². The predicted molar refractivity (Wildman–Crippen MR) is 75.4 cm³/mol. The third-order valence-corrected chi connectivity index (χ3v) is 4.29. The van der Waals surface area contributed by atoms with Gasteiger partial charge in [0.1, 0.15) is 0 Å². The van der Waals surface area contributed by atoms with Crippen LogP contribution >= 0.6 is 22.9 Å². The SMILES string of the molecule is CNc1nc(C)c(Cc2ccc(C)c(Cl)c2)s1. The van der Waals surface area contributed by atoms with Crippen LogP contribution in [0.15, 0.2) is 18.2 Å². The van der Waals surface area contributed by atoms with Crippen LogP contribution in [0.2, 0.25) is 5.02 Å². The van der Waals surface area contributed by atoms with Gasteiger partial charge in [0.2, 0.25) is 0 Å². The molecule has 0 atom stereocenters. The first kappa shape index (κ1) is 12.4. The number of nitrogens with one attached hydrogen (secondary N) is 1. The number of aryl methyl sites for hydroxylation is 2. The van der Waals surface area contributed by atoms with E-state index < -0.39 is 0 Å². The lowest BCUT2D eigenvalue weighted by Crippen LogP contribution is -1.89. The van der Waals surface area contributed by atoms with Gasteiger partial charge in [-0.15, -0.1) is 11.3 Å². The van der Waals surface area contributed by atoms with Gasteiger partial charge in [-0.3, -0.25) is 0 Å². The number of benzene rings is 1. The van der Waals surface area contributed by atoms with Crippen LogP contribution in [0.3, 0.4) is 0 Å². The first-order valence-electron chi connectivity index (χ1n) is 5.49. The zero-order chi connectivity index (χ0) is 12.4. The van der Waals surface area contributed by atoms with Gasteiger partial charge in [-0.25, -0.2) is 4.98 Å². The van der Waals surface area contributed by atoms with Crippen molar-refractivity contribution in [3.63, 3.8) is 0 Å². The highest BCUT2D eigenvalue weighted by Crippen LogP contribution is 2.26. The summed E-state index contributed by atoms with van der Waals surface area (Å²) in [5.74, 6) is 0. The first-order valence-corrected chi connectivity index (χ1v) is 6.68. The van der Waals surface area contributed by atoms with Gasteiger partial charge in [-0.1, -0.05) is 23.7 Å². The lowest BCUT2D eigenvalue weighted by atomic mass is 10.1. The molecule has 0 saturated heterocycles. The molecule has 2 aromatic rings. The molecule has 1 aromatic heterocycles. The summed E-state index contributed by atoms with van der Waals surface area (Å²) < 4.78 is 0. The van der Waals surface area contributed by atoms with Gasteiger partial charge in [-0.2, -0.15) is 0 Å². The molecular formula is C13H15ClN2S. The fraction of sp³-hybridized carbons (Fsp3) is 0.308. The molecule has 0 fully saturated rings. The van der Waals surface area contributed by atoms with Crippen LogP contribution in [-0.4, -0.2) is 12.0 Å². The van der Waals surface area contributed by atoms with E-state index in [1.807, 2.05) is 27.0 Å². The van der Waals surface area contributed by atoms with E-state index >= 15 is 0 Å². The summed E-state index contributed by atoms with van der Waals surface area (Å²) in [6, 6.07) is 6.22. The topological polar surface area (TPSA) is 24.9 Å². The van der Waals surface area contributed by atoms with Gasteiger partial charge in [-0.05, 0) is 31.0 Å². The Balaban J connectivity index is 2.24. The number of halogens is 1. The van der Waals surface area contributed by atoms with Gasteiger partial charge < -0.3 is 5.32 Å². The van der Waals surface area contributed by atoms with Gasteiger partial charge >= 0.3 is 0 Å². The zero-order valence-corrected chi connectivity index (χ0v) is 11.7. The second kappa shape index (κ2) is 5.07. The second-order valence-electron chi connectivity index (χ2n) is 4.04. The minimum Gasteiger partial charge on any atom is -0.365 e. The molecule has 0 spiro atoms. The highest BCUT2D eigenvalue weighted by molar-refractivity contribution is 7.15. The summed E-state index contributed by atoms with van der Waals surface area (Å²) >= 11 is 7.83. The Morgan fingerprint density at radius 1 is 1.35 bits per heavy atom. The van der Waals surface area contributed by atoms with Crippen molar-refractivity contribution in [3.05, 3.63) is 44.9 Å². The minimum absolute atomic E-state index is 0.832. The fourth-order valence-corrected chi connectivity index (χ4v) is 2.78. The van der Waals surface area contributed by atoms with Crippen LogP contribution in [0.1, 0.15) is 21.7 Å². The number of aromatic nitrogens is 1. The number of hydrogen-bond acceptors (Lipinski definition) is 3. The molecule has 4 heteroatoms. The molecule has 2 nitrogen and oxygen atoms in total. The Labute approximate surface area is 111 Å². The van der Waals surface area contributed by atoms with Gasteiger partial charge in [0, 0.05) is 23.4 Å². The van der Waals surface area contributed by atoms with Crippen LogP contribution in [0.4, 0.5) is 5.13 Å². The molecule has 0 aliphatic rings. The summed E-state index contributed by atoms with van der Waals surface area (Å²) in [6.45, 7) is 4.06. The molecule has 17 heavy (non-hydrogen) atoms. The lowest BCUT2D eigenvalue weighted by Gasteiger charge is -2.03. The van der Waals surface area contributed by atoms with E-state index in [2.05, 4.69) is 22.4 Å². The molecule has 0 bridgehead atoms. The maximum absolute atomic E-state index is 6.13. The van der Waals surface area contributed by atoms with Crippen molar-refractivity contribution >= 4 is 28.1 Å². The normalized spacial score (nSPS) is 10.6. The molecule has 0 aliphatic heterocycles. The Morgan fingerprint density at radius 3 is 2.71 bits per heavy atom. The van der Waals surface area contributed by atoms with Crippen molar-refractivity contribution in [1.82, 2.24) is 4.98 Å². The van der Waals surface area contributed by atoms with Crippen molar-refractivity contribution in [2.75, 3.05) is 12.4 Å². The number of thiazole rings is 1. The smallest absolute Gasteiger partial charge is 0.182 e. The van der Waals surface area contributed by atoms with E-state index in [0.29, 0.717) is 0 Å². The monoisotopic (exact) mass is 266 g/mol. The molecule has 1 heterocycles. The molecule has 0 aliphatic carbocycles. The quantitative estimate of drug-likeness (QED) is 0.907. The largest absolute Gasteiger partial charge is 0.365 e. The van der Waals surface area contributed by atoms with Crippen LogP contribution < -0.4 is 5.32 Å². The first-order chi connectivity index (χ1) is 8.10. The average molecular weight is 267 g/mol. The Morgan fingerprint density at radius 2 is 2.12 bits per heavy atom. The predicted octanol–water partition coefficient (Wildman–Crippen LogP) is 4.05. The van der Waals surface area contributed by atoms with E-state index in [4.69, 9.17) is 11.6 Å². The molecule has 0 saturated carbocycles. The number of hydrogen-bond donors (Lipinski definition) is 1. The van der Waals surface area contributed by atoms with E-state index in [0.717, 1.165) is 27.8 Å². The van der Waals surface area contributed by atoms with Crippen LogP contribution in [0, 0.1) is 13.8 Å². The summed E-state index contributed by atoms with van der Waals surface area (Å²) in [5.41, 5.74) is 3.44. The highest BCUT2D eigenvalue weighted by atomic mass is 35.5.